The Bertz CT molecular complexity index is 581. The Kier molecular flexibility index (Phi) is 3.52. The molecule has 0 unspecified atom stereocenters. The van der Waals surface area contributed by atoms with Crippen LogP contribution < -0.4 is 5.32 Å². The molecule has 4 nitrogen and oxygen atoms in total. The number of rotatable bonds is 2. The number of amides is 1. The predicted molar refractivity (Wildman–Crippen MR) is 74.8 cm³/mol. The van der Waals surface area contributed by atoms with Gasteiger partial charge in [0.05, 0.1) is 17.4 Å². The molecule has 1 amide bonds. The molecule has 5 heteroatoms. The highest BCUT2D eigenvalue weighted by atomic mass is 79.9. The van der Waals surface area contributed by atoms with Crippen molar-refractivity contribution in [1.82, 2.24) is 9.78 Å². The summed E-state index contributed by atoms with van der Waals surface area (Å²) in [5.41, 5.74) is 3.52. The van der Waals surface area contributed by atoms with E-state index in [2.05, 4.69) is 26.3 Å². The molecule has 0 spiro atoms. The number of carbonyl (C=O) groups excluding carboxylic acids is 1. The summed E-state index contributed by atoms with van der Waals surface area (Å²) in [5, 5.41) is 6.88. The van der Waals surface area contributed by atoms with Gasteiger partial charge >= 0.3 is 0 Å². The Morgan fingerprint density at radius 3 is 2.67 bits per heavy atom. The summed E-state index contributed by atoms with van der Waals surface area (Å²) in [6, 6.07) is 4.01. The van der Waals surface area contributed by atoms with Crippen molar-refractivity contribution >= 4 is 27.5 Å². The molecule has 0 fully saturated rings. The molecule has 0 aliphatic heterocycles. The maximum absolute atomic E-state index is 12.0. The molecule has 2 rings (SSSR count). The van der Waals surface area contributed by atoms with Crippen molar-refractivity contribution in [2.75, 3.05) is 5.32 Å². The summed E-state index contributed by atoms with van der Waals surface area (Å²) in [5.74, 6) is -0.157. The lowest BCUT2D eigenvalue weighted by Gasteiger charge is -2.11. The fourth-order valence-corrected chi connectivity index (χ4v) is 2.57. The zero-order valence-corrected chi connectivity index (χ0v) is 12.1. The molecule has 0 aliphatic carbocycles. The third-order valence-electron chi connectivity index (χ3n) is 2.64. The second-order valence-corrected chi connectivity index (χ2v) is 5.15. The van der Waals surface area contributed by atoms with Crippen LogP contribution in [0.2, 0.25) is 0 Å². The van der Waals surface area contributed by atoms with E-state index in [9.17, 15) is 4.79 Å². The standard InChI is InChI=1S/C13H14BrN3O/c1-8-4-9(2)12(11(14)5-8)16-13(18)10-6-15-17(3)7-10/h4-7H,1-3H3,(H,16,18). The van der Waals surface area contributed by atoms with Gasteiger partial charge in [-0.15, -0.1) is 0 Å². The molecule has 0 bridgehead atoms. The molecule has 0 saturated heterocycles. The Balaban J connectivity index is 2.27. The molecule has 1 aromatic carbocycles. The summed E-state index contributed by atoms with van der Waals surface area (Å²) in [4.78, 5) is 12.0. The second-order valence-electron chi connectivity index (χ2n) is 4.30. The van der Waals surface area contributed by atoms with Gasteiger partial charge in [0, 0.05) is 17.7 Å². The normalized spacial score (nSPS) is 10.4. The van der Waals surface area contributed by atoms with Crippen LogP contribution in [0, 0.1) is 13.8 Å². The lowest BCUT2D eigenvalue weighted by molar-refractivity contribution is 0.102. The molecule has 0 aliphatic rings. The lowest BCUT2D eigenvalue weighted by atomic mass is 10.1. The van der Waals surface area contributed by atoms with Gasteiger partial charge in [-0.05, 0) is 47.0 Å². The second kappa shape index (κ2) is 4.94. The van der Waals surface area contributed by atoms with Crippen LogP contribution in [0.1, 0.15) is 21.5 Å². The first-order valence-electron chi connectivity index (χ1n) is 5.54. The molecule has 0 atom stereocenters. The highest BCUT2D eigenvalue weighted by Crippen LogP contribution is 2.28. The van der Waals surface area contributed by atoms with Crippen molar-refractivity contribution in [1.29, 1.82) is 0 Å². The third-order valence-corrected chi connectivity index (χ3v) is 3.26. The number of aryl methyl sites for hydroxylation is 3. The molecule has 18 heavy (non-hydrogen) atoms. The van der Waals surface area contributed by atoms with Gasteiger partial charge in [0.15, 0.2) is 0 Å². The van der Waals surface area contributed by atoms with E-state index in [-0.39, 0.29) is 5.91 Å². The number of benzene rings is 1. The van der Waals surface area contributed by atoms with E-state index in [0.29, 0.717) is 5.56 Å². The summed E-state index contributed by atoms with van der Waals surface area (Å²) in [6.07, 6.45) is 3.24. The number of nitrogens with one attached hydrogen (secondary N) is 1. The van der Waals surface area contributed by atoms with Gasteiger partial charge in [-0.3, -0.25) is 9.48 Å². The van der Waals surface area contributed by atoms with Crippen molar-refractivity contribution in [3.63, 3.8) is 0 Å². The smallest absolute Gasteiger partial charge is 0.258 e. The van der Waals surface area contributed by atoms with E-state index in [4.69, 9.17) is 0 Å². The zero-order valence-electron chi connectivity index (χ0n) is 10.5. The zero-order chi connectivity index (χ0) is 13.3. The topological polar surface area (TPSA) is 46.9 Å². The van der Waals surface area contributed by atoms with Crippen molar-refractivity contribution in [2.45, 2.75) is 13.8 Å². The van der Waals surface area contributed by atoms with E-state index >= 15 is 0 Å². The van der Waals surface area contributed by atoms with Gasteiger partial charge in [0.25, 0.3) is 5.91 Å². The molecular formula is C13H14BrN3O. The van der Waals surface area contributed by atoms with Crippen molar-refractivity contribution in [3.05, 3.63) is 45.7 Å². The van der Waals surface area contributed by atoms with Crippen LogP contribution in [0.3, 0.4) is 0 Å². The van der Waals surface area contributed by atoms with Crippen LogP contribution in [0.4, 0.5) is 5.69 Å². The highest BCUT2D eigenvalue weighted by Gasteiger charge is 2.12. The monoisotopic (exact) mass is 307 g/mol. The van der Waals surface area contributed by atoms with E-state index < -0.39 is 0 Å². The average Bonchev–Trinajstić information content (AvgIpc) is 2.70. The van der Waals surface area contributed by atoms with Gasteiger partial charge in [-0.2, -0.15) is 5.10 Å². The summed E-state index contributed by atoms with van der Waals surface area (Å²) < 4.78 is 2.49. The Morgan fingerprint density at radius 2 is 2.11 bits per heavy atom. The maximum Gasteiger partial charge on any atom is 0.258 e. The van der Waals surface area contributed by atoms with Crippen LogP contribution in [0.5, 0.6) is 0 Å². The largest absolute Gasteiger partial charge is 0.321 e. The molecule has 2 aromatic rings. The Morgan fingerprint density at radius 1 is 1.39 bits per heavy atom. The minimum atomic E-state index is -0.157. The van der Waals surface area contributed by atoms with Gasteiger partial charge in [0.1, 0.15) is 0 Å². The highest BCUT2D eigenvalue weighted by molar-refractivity contribution is 9.10. The number of hydrogen-bond donors (Lipinski definition) is 1. The van der Waals surface area contributed by atoms with E-state index in [1.54, 1.807) is 24.1 Å². The molecule has 1 heterocycles. The first kappa shape index (κ1) is 12.8. The lowest BCUT2D eigenvalue weighted by Crippen LogP contribution is -2.12. The SMILES string of the molecule is Cc1cc(C)c(NC(=O)c2cnn(C)c2)c(Br)c1. The summed E-state index contributed by atoms with van der Waals surface area (Å²) in [7, 11) is 1.78. The van der Waals surface area contributed by atoms with Crippen LogP contribution in [0.15, 0.2) is 29.0 Å². The minimum Gasteiger partial charge on any atom is -0.321 e. The molecule has 0 radical (unpaired) electrons. The van der Waals surface area contributed by atoms with Crippen LogP contribution >= 0.6 is 15.9 Å². The minimum absolute atomic E-state index is 0.157. The number of anilines is 1. The van der Waals surface area contributed by atoms with Crippen LogP contribution in [-0.2, 0) is 7.05 Å². The molecule has 94 valence electrons. The first-order chi connectivity index (χ1) is 8.47. The van der Waals surface area contributed by atoms with Crippen molar-refractivity contribution in [3.8, 4) is 0 Å². The first-order valence-corrected chi connectivity index (χ1v) is 6.33. The number of aromatic nitrogens is 2. The fraction of sp³-hybridized carbons (Fsp3) is 0.231. The number of nitrogens with zero attached hydrogens (tertiary/aromatic N) is 2. The molecule has 0 saturated carbocycles. The van der Waals surface area contributed by atoms with Crippen LogP contribution in [0.25, 0.3) is 0 Å². The van der Waals surface area contributed by atoms with E-state index in [0.717, 1.165) is 21.3 Å². The third kappa shape index (κ3) is 2.61. The Labute approximate surface area is 114 Å². The Hall–Kier alpha value is -1.62. The quantitative estimate of drug-likeness (QED) is 0.927. The van der Waals surface area contributed by atoms with Gasteiger partial charge < -0.3 is 5.32 Å². The van der Waals surface area contributed by atoms with Gasteiger partial charge in [-0.25, -0.2) is 0 Å². The van der Waals surface area contributed by atoms with Gasteiger partial charge in [0.2, 0.25) is 0 Å². The predicted octanol–water partition coefficient (Wildman–Crippen LogP) is 3.05. The molecular weight excluding hydrogens is 294 g/mol. The fourth-order valence-electron chi connectivity index (χ4n) is 1.80. The average molecular weight is 308 g/mol. The number of halogens is 1. The molecule has 1 aromatic heterocycles. The van der Waals surface area contributed by atoms with Crippen molar-refractivity contribution in [2.24, 2.45) is 7.05 Å². The summed E-state index contributed by atoms with van der Waals surface area (Å²) in [6.45, 7) is 3.99. The van der Waals surface area contributed by atoms with Gasteiger partial charge in [-0.1, -0.05) is 6.07 Å². The van der Waals surface area contributed by atoms with Crippen molar-refractivity contribution < 1.29 is 4.79 Å². The van der Waals surface area contributed by atoms with E-state index in [1.807, 2.05) is 26.0 Å². The van der Waals surface area contributed by atoms with E-state index in [1.165, 1.54) is 0 Å². The van der Waals surface area contributed by atoms with Crippen LogP contribution in [-0.4, -0.2) is 15.7 Å². The maximum atomic E-state index is 12.0. The summed E-state index contributed by atoms with van der Waals surface area (Å²) >= 11 is 3.47. The molecule has 1 N–H and O–H groups in total. The number of hydrogen-bond acceptors (Lipinski definition) is 2. The number of carbonyl (C=O) groups is 1.